The Labute approximate surface area is 223 Å². The molecule has 0 spiro atoms. The van der Waals surface area contributed by atoms with E-state index in [-0.39, 0.29) is 11.4 Å². The molecule has 2 N–H and O–H groups in total. The van der Waals surface area contributed by atoms with Gasteiger partial charge >= 0.3 is 0 Å². The fraction of sp³-hybridized carbons (Fsp3) is 0.192. The second kappa shape index (κ2) is 11.5. The molecule has 1 fully saturated rings. The highest BCUT2D eigenvalue weighted by molar-refractivity contribution is 8.05. The predicted molar refractivity (Wildman–Crippen MR) is 146 cm³/mol. The van der Waals surface area contributed by atoms with Crippen LogP contribution in [-0.4, -0.2) is 18.0 Å². The van der Waals surface area contributed by atoms with Crippen LogP contribution in [0.15, 0.2) is 59.5 Å². The molecule has 9 heteroatoms. The molecule has 1 atom stereocenters. The van der Waals surface area contributed by atoms with E-state index in [9.17, 15) is 4.79 Å². The molecule has 35 heavy (non-hydrogen) atoms. The molecule has 0 radical (unpaired) electrons. The maximum atomic E-state index is 12.6. The number of benzene rings is 3. The highest BCUT2D eigenvalue weighted by Gasteiger charge is 2.27. The SMILES string of the molecule is CCOc1cc(/C=C2\SC(Nc3ccc(Cl)cc3C)NC2=O)cc(Cl)c1OCc1ccc(Cl)cc1. The Hall–Kier alpha value is -2.51. The number of hydrogen-bond acceptors (Lipinski definition) is 5. The first kappa shape index (κ1) is 25.6. The Bertz CT molecular complexity index is 1270. The van der Waals surface area contributed by atoms with Crippen molar-refractivity contribution < 1.29 is 14.3 Å². The van der Waals surface area contributed by atoms with Gasteiger partial charge in [-0.3, -0.25) is 4.79 Å². The number of rotatable bonds is 8. The number of ether oxygens (including phenoxy) is 2. The van der Waals surface area contributed by atoms with Gasteiger partial charge in [-0.15, -0.1) is 0 Å². The molecule has 4 rings (SSSR count). The van der Waals surface area contributed by atoms with E-state index < -0.39 is 0 Å². The van der Waals surface area contributed by atoms with Gasteiger partial charge in [0.15, 0.2) is 17.0 Å². The maximum Gasteiger partial charge on any atom is 0.260 e. The molecule has 3 aromatic carbocycles. The minimum atomic E-state index is -0.308. The summed E-state index contributed by atoms with van der Waals surface area (Å²) in [5.41, 5.74) is 3.27. The van der Waals surface area contributed by atoms with Crippen molar-refractivity contribution in [2.45, 2.75) is 26.0 Å². The van der Waals surface area contributed by atoms with Gasteiger partial charge in [-0.05, 0) is 79.1 Å². The van der Waals surface area contributed by atoms with Crippen molar-refractivity contribution >= 4 is 64.2 Å². The third kappa shape index (κ3) is 6.58. The van der Waals surface area contributed by atoms with Crippen molar-refractivity contribution in [1.82, 2.24) is 5.32 Å². The summed E-state index contributed by atoms with van der Waals surface area (Å²) < 4.78 is 11.8. The van der Waals surface area contributed by atoms with E-state index in [1.54, 1.807) is 24.3 Å². The normalized spacial score (nSPS) is 16.3. The summed E-state index contributed by atoms with van der Waals surface area (Å²) in [6.45, 7) is 4.60. The summed E-state index contributed by atoms with van der Waals surface area (Å²) in [7, 11) is 0. The molecule has 0 saturated carbocycles. The molecular weight excluding hydrogens is 527 g/mol. The zero-order valence-corrected chi connectivity index (χ0v) is 22.1. The molecule has 1 aliphatic rings. The van der Waals surface area contributed by atoms with E-state index in [2.05, 4.69) is 10.6 Å². The van der Waals surface area contributed by atoms with Crippen LogP contribution in [0.5, 0.6) is 11.5 Å². The monoisotopic (exact) mass is 548 g/mol. The molecule has 0 aromatic heterocycles. The smallest absolute Gasteiger partial charge is 0.260 e. The van der Waals surface area contributed by atoms with Gasteiger partial charge in [0.05, 0.1) is 16.5 Å². The van der Waals surface area contributed by atoms with Gasteiger partial charge in [-0.25, -0.2) is 0 Å². The van der Waals surface area contributed by atoms with Gasteiger partial charge in [-0.1, -0.05) is 58.7 Å². The second-order valence-electron chi connectivity index (χ2n) is 7.76. The molecule has 1 saturated heterocycles. The van der Waals surface area contributed by atoms with Crippen molar-refractivity contribution in [1.29, 1.82) is 0 Å². The lowest BCUT2D eigenvalue weighted by Gasteiger charge is -2.15. The highest BCUT2D eigenvalue weighted by atomic mass is 35.5. The van der Waals surface area contributed by atoms with E-state index in [1.165, 1.54) is 11.8 Å². The van der Waals surface area contributed by atoms with E-state index in [0.717, 1.165) is 22.4 Å². The number of anilines is 1. The molecular formula is C26H23Cl3N2O3S. The average Bonchev–Trinajstić information content (AvgIpc) is 3.15. The Balaban J connectivity index is 1.51. The zero-order valence-electron chi connectivity index (χ0n) is 19.0. The Morgan fingerprint density at radius 3 is 2.49 bits per heavy atom. The van der Waals surface area contributed by atoms with Crippen molar-refractivity contribution in [2.24, 2.45) is 0 Å². The largest absolute Gasteiger partial charge is 0.490 e. The number of halogens is 3. The van der Waals surface area contributed by atoms with E-state index >= 15 is 0 Å². The summed E-state index contributed by atoms with van der Waals surface area (Å²) in [5.74, 6) is 0.791. The molecule has 1 heterocycles. The molecule has 0 bridgehead atoms. The van der Waals surface area contributed by atoms with Crippen LogP contribution in [0.2, 0.25) is 15.1 Å². The van der Waals surface area contributed by atoms with Crippen LogP contribution in [0.3, 0.4) is 0 Å². The van der Waals surface area contributed by atoms with Gasteiger partial charge in [0, 0.05) is 15.7 Å². The van der Waals surface area contributed by atoms with E-state index in [0.29, 0.717) is 44.7 Å². The lowest BCUT2D eigenvalue weighted by molar-refractivity contribution is -0.116. The molecule has 1 unspecified atom stereocenters. The fourth-order valence-electron chi connectivity index (χ4n) is 3.46. The van der Waals surface area contributed by atoms with Crippen LogP contribution < -0.4 is 20.1 Å². The molecule has 1 aliphatic heterocycles. The van der Waals surface area contributed by atoms with E-state index in [4.69, 9.17) is 44.3 Å². The molecule has 182 valence electrons. The van der Waals surface area contributed by atoms with Crippen molar-refractivity contribution in [2.75, 3.05) is 11.9 Å². The Kier molecular flexibility index (Phi) is 8.39. The van der Waals surface area contributed by atoms with Gasteiger partial charge in [0.25, 0.3) is 5.91 Å². The van der Waals surface area contributed by atoms with Crippen molar-refractivity contribution in [3.05, 3.63) is 91.3 Å². The number of aryl methyl sites for hydroxylation is 1. The molecule has 5 nitrogen and oxygen atoms in total. The number of amides is 1. The quantitative estimate of drug-likeness (QED) is 0.284. The molecule has 3 aromatic rings. The van der Waals surface area contributed by atoms with Gasteiger partial charge < -0.3 is 20.1 Å². The number of carbonyl (C=O) groups is 1. The number of carbonyl (C=O) groups excluding carboxylic acids is 1. The summed E-state index contributed by atoms with van der Waals surface area (Å²) in [6, 6.07) is 16.5. The average molecular weight is 550 g/mol. The minimum absolute atomic E-state index is 0.170. The first-order valence-electron chi connectivity index (χ1n) is 10.9. The van der Waals surface area contributed by atoms with Gasteiger partial charge in [-0.2, -0.15) is 0 Å². The molecule has 0 aliphatic carbocycles. The third-order valence-electron chi connectivity index (χ3n) is 5.13. The number of thioether (sulfide) groups is 1. The summed E-state index contributed by atoms with van der Waals surface area (Å²) in [5, 5.41) is 7.98. The predicted octanol–water partition coefficient (Wildman–Crippen LogP) is 7.53. The van der Waals surface area contributed by atoms with Crippen LogP contribution in [0, 0.1) is 6.92 Å². The van der Waals surface area contributed by atoms with Crippen molar-refractivity contribution in [3.8, 4) is 11.5 Å². The minimum Gasteiger partial charge on any atom is -0.490 e. The first-order chi connectivity index (χ1) is 16.8. The first-order valence-corrected chi connectivity index (χ1v) is 12.9. The van der Waals surface area contributed by atoms with Crippen molar-refractivity contribution in [3.63, 3.8) is 0 Å². The Morgan fingerprint density at radius 1 is 1.03 bits per heavy atom. The lowest BCUT2D eigenvalue weighted by Crippen LogP contribution is -2.31. The topological polar surface area (TPSA) is 59.6 Å². The van der Waals surface area contributed by atoms with Crippen LogP contribution in [0.4, 0.5) is 5.69 Å². The number of hydrogen-bond donors (Lipinski definition) is 2. The van der Waals surface area contributed by atoms with Crippen LogP contribution in [0.1, 0.15) is 23.6 Å². The zero-order chi connectivity index (χ0) is 24.9. The summed E-state index contributed by atoms with van der Waals surface area (Å²) in [6.07, 6.45) is 1.79. The summed E-state index contributed by atoms with van der Waals surface area (Å²) in [4.78, 5) is 13.2. The van der Waals surface area contributed by atoms with Crippen LogP contribution >= 0.6 is 46.6 Å². The lowest BCUT2D eigenvalue weighted by atomic mass is 10.1. The van der Waals surface area contributed by atoms with Crippen LogP contribution in [0.25, 0.3) is 6.08 Å². The van der Waals surface area contributed by atoms with Gasteiger partial charge in [0.2, 0.25) is 0 Å². The second-order valence-corrected chi connectivity index (χ2v) is 10.2. The fourth-order valence-corrected chi connectivity index (χ4v) is 5.06. The summed E-state index contributed by atoms with van der Waals surface area (Å²) >= 11 is 19.9. The van der Waals surface area contributed by atoms with Crippen LogP contribution in [-0.2, 0) is 11.4 Å². The Morgan fingerprint density at radius 2 is 1.77 bits per heavy atom. The van der Waals surface area contributed by atoms with Gasteiger partial charge in [0.1, 0.15) is 6.61 Å². The third-order valence-corrected chi connectivity index (χ3v) is 6.93. The number of nitrogens with one attached hydrogen (secondary N) is 2. The molecule has 1 amide bonds. The standard InChI is InChI=1S/C26H23Cl3N2O3S/c1-3-33-22-12-17(11-20(29)24(22)34-14-16-4-6-18(27)7-5-16)13-23-25(32)31-26(35-23)30-21-9-8-19(28)10-15(21)2/h4-13,26,30H,3,14H2,1-2H3,(H,31,32)/b23-13-. The highest BCUT2D eigenvalue weighted by Crippen LogP contribution is 2.39. The maximum absolute atomic E-state index is 12.6. The van der Waals surface area contributed by atoms with E-state index in [1.807, 2.05) is 50.2 Å².